The average molecular weight is 383 g/mol. The van der Waals surface area contributed by atoms with Crippen LogP contribution in [-0.2, 0) is 6.42 Å². The van der Waals surface area contributed by atoms with Gasteiger partial charge in [-0.2, -0.15) is 0 Å². The number of H-pyrrole nitrogens is 1. The van der Waals surface area contributed by atoms with Gasteiger partial charge in [-0.15, -0.1) is 0 Å². The van der Waals surface area contributed by atoms with Crippen LogP contribution in [0.15, 0.2) is 72.8 Å². The molecule has 0 saturated carbocycles. The maximum absolute atomic E-state index is 12.6. The highest BCUT2D eigenvalue weighted by Crippen LogP contribution is 2.21. The minimum Gasteiger partial charge on any atom is -0.350 e. The van der Waals surface area contributed by atoms with Gasteiger partial charge in [0.05, 0.1) is 11.0 Å². The number of aryl methyl sites for hydroxylation is 2. The topological polar surface area (TPSA) is 57.8 Å². The second kappa shape index (κ2) is 8.31. The first kappa shape index (κ1) is 18.9. The second-order valence-electron chi connectivity index (χ2n) is 7.58. The van der Waals surface area contributed by atoms with E-state index in [1.807, 2.05) is 55.5 Å². The van der Waals surface area contributed by atoms with Gasteiger partial charge in [0.1, 0.15) is 5.82 Å². The lowest BCUT2D eigenvalue weighted by Gasteiger charge is -2.14. The number of benzene rings is 3. The summed E-state index contributed by atoms with van der Waals surface area (Å²) in [6, 6.07) is 24.2. The van der Waals surface area contributed by atoms with Crippen molar-refractivity contribution in [3.8, 4) is 11.4 Å². The van der Waals surface area contributed by atoms with E-state index in [4.69, 9.17) is 0 Å². The largest absolute Gasteiger partial charge is 0.350 e. The predicted octanol–water partition coefficient (Wildman–Crippen LogP) is 5.29. The molecule has 1 aromatic heterocycles. The number of hydrogen-bond donors (Lipinski definition) is 2. The molecule has 1 atom stereocenters. The summed E-state index contributed by atoms with van der Waals surface area (Å²) in [5.41, 5.74) is 6.08. The Morgan fingerprint density at radius 1 is 1.03 bits per heavy atom. The molecule has 29 heavy (non-hydrogen) atoms. The lowest BCUT2D eigenvalue weighted by atomic mass is 10.1. The molecule has 3 aromatic carbocycles. The number of carbonyl (C=O) groups is 1. The van der Waals surface area contributed by atoms with Crippen LogP contribution in [0.25, 0.3) is 22.4 Å². The summed E-state index contributed by atoms with van der Waals surface area (Å²) in [5.74, 6) is 0.770. The van der Waals surface area contributed by atoms with Gasteiger partial charge < -0.3 is 10.3 Å². The summed E-state index contributed by atoms with van der Waals surface area (Å²) in [6.45, 7) is 4.11. The third-order valence-electron chi connectivity index (χ3n) is 5.14. The molecule has 4 nitrogen and oxygen atoms in total. The summed E-state index contributed by atoms with van der Waals surface area (Å²) >= 11 is 0. The Labute approximate surface area is 171 Å². The molecule has 0 aliphatic carbocycles. The van der Waals surface area contributed by atoms with E-state index >= 15 is 0 Å². The molecule has 4 rings (SSSR count). The molecule has 0 aliphatic rings. The van der Waals surface area contributed by atoms with Crippen LogP contribution in [0.2, 0.25) is 0 Å². The summed E-state index contributed by atoms with van der Waals surface area (Å²) < 4.78 is 0. The number of fused-ring (bicyclic) bond motifs is 1. The first-order valence-corrected chi connectivity index (χ1v) is 10.00. The van der Waals surface area contributed by atoms with Crippen molar-refractivity contribution in [2.45, 2.75) is 32.7 Å². The standard InChI is InChI=1S/C25H25N3O/c1-17-8-15-22-23(16-17)28-24(27-22)20-11-13-21(14-12-20)25(29)26-18(2)9-10-19-6-4-3-5-7-19/h3-8,11-16,18H,9-10H2,1-2H3,(H,26,29)(H,27,28)/t18-/m0/s1. The quantitative estimate of drug-likeness (QED) is 0.475. The maximum atomic E-state index is 12.6. The molecule has 0 saturated heterocycles. The first-order valence-electron chi connectivity index (χ1n) is 10.00. The minimum absolute atomic E-state index is 0.0441. The SMILES string of the molecule is Cc1ccc2nc(-c3ccc(C(=O)N[C@@H](C)CCc4ccccc4)cc3)[nH]c2c1. The summed E-state index contributed by atoms with van der Waals surface area (Å²) in [5, 5.41) is 3.09. The number of amides is 1. The van der Waals surface area contributed by atoms with Crippen molar-refractivity contribution < 1.29 is 4.79 Å². The Hall–Kier alpha value is -3.40. The number of carbonyl (C=O) groups excluding carboxylic acids is 1. The number of aromatic nitrogens is 2. The van der Waals surface area contributed by atoms with Crippen LogP contribution in [0.1, 0.15) is 34.8 Å². The van der Waals surface area contributed by atoms with Crippen molar-refractivity contribution in [3.63, 3.8) is 0 Å². The van der Waals surface area contributed by atoms with E-state index in [0.29, 0.717) is 5.56 Å². The Morgan fingerprint density at radius 2 is 1.79 bits per heavy atom. The lowest BCUT2D eigenvalue weighted by Crippen LogP contribution is -2.32. The molecule has 0 fully saturated rings. The van der Waals surface area contributed by atoms with Crippen molar-refractivity contribution in [1.29, 1.82) is 0 Å². The zero-order valence-corrected chi connectivity index (χ0v) is 16.8. The molecule has 0 radical (unpaired) electrons. The first-order chi connectivity index (χ1) is 14.1. The van der Waals surface area contributed by atoms with Gasteiger partial charge in [0.25, 0.3) is 5.91 Å². The van der Waals surface area contributed by atoms with E-state index in [0.717, 1.165) is 35.3 Å². The molecule has 1 amide bonds. The zero-order valence-electron chi connectivity index (χ0n) is 16.8. The number of aromatic amines is 1. The van der Waals surface area contributed by atoms with Crippen LogP contribution in [0, 0.1) is 6.92 Å². The molecule has 0 unspecified atom stereocenters. The maximum Gasteiger partial charge on any atom is 0.251 e. The van der Waals surface area contributed by atoms with E-state index in [2.05, 4.69) is 46.5 Å². The van der Waals surface area contributed by atoms with Crippen LogP contribution < -0.4 is 5.32 Å². The molecule has 4 heteroatoms. The van der Waals surface area contributed by atoms with E-state index in [9.17, 15) is 4.79 Å². The number of nitrogens with zero attached hydrogens (tertiary/aromatic N) is 1. The van der Waals surface area contributed by atoms with Crippen molar-refractivity contribution in [1.82, 2.24) is 15.3 Å². The number of nitrogens with one attached hydrogen (secondary N) is 2. The monoisotopic (exact) mass is 383 g/mol. The second-order valence-corrected chi connectivity index (χ2v) is 7.58. The third-order valence-corrected chi connectivity index (χ3v) is 5.14. The molecule has 0 bridgehead atoms. The fraction of sp³-hybridized carbons (Fsp3) is 0.200. The van der Waals surface area contributed by atoms with Gasteiger partial charge in [-0.1, -0.05) is 48.5 Å². The van der Waals surface area contributed by atoms with Gasteiger partial charge in [0.15, 0.2) is 0 Å². The number of imidazole rings is 1. The molecule has 146 valence electrons. The van der Waals surface area contributed by atoms with Gasteiger partial charge in [-0.25, -0.2) is 4.98 Å². The Balaban J connectivity index is 1.39. The van der Waals surface area contributed by atoms with Crippen LogP contribution in [0.5, 0.6) is 0 Å². The molecule has 1 heterocycles. The number of rotatable bonds is 6. The normalized spacial score (nSPS) is 12.1. The number of hydrogen-bond acceptors (Lipinski definition) is 2. The zero-order chi connectivity index (χ0) is 20.2. The highest BCUT2D eigenvalue weighted by Gasteiger charge is 2.11. The molecular weight excluding hydrogens is 358 g/mol. The summed E-state index contributed by atoms with van der Waals surface area (Å²) in [4.78, 5) is 20.6. The van der Waals surface area contributed by atoms with E-state index < -0.39 is 0 Å². The van der Waals surface area contributed by atoms with Gasteiger partial charge >= 0.3 is 0 Å². The summed E-state index contributed by atoms with van der Waals surface area (Å²) in [6.07, 6.45) is 1.86. The van der Waals surface area contributed by atoms with Crippen molar-refractivity contribution in [2.24, 2.45) is 0 Å². The molecule has 0 aliphatic heterocycles. The van der Waals surface area contributed by atoms with E-state index in [-0.39, 0.29) is 11.9 Å². The lowest BCUT2D eigenvalue weighted by molar-refractivity contribution is 0.0938. The van der Waals surface area contributed by atoms with Gasteiger partial charge in [0, 0.05) is 17.2 Å². The van der Waals surface area contributed by atoms with Crippen molar-refractivity contribution in [2.75, 3.05) is 0 Å². The van der Waals surface area contributed by atoms with E-state index in [1.165, 1.54) is 11.1 Å². The minimum atomic E-state index is -0.0441. The van der Waals surface area contributed by atoms with Gasteiger partial charge in [-0.05, 0) is 62.1 Å². The van der Waals surface area contributed by atoms with E-state index in [1.54, 1.807) is 0 Å². The Kier molecular flexibility index (Phi) is 5.43. The fourth-order valence-corrected chi connectivity index (χ4v) is 3.45. The van der Waals surface area contributed by atoms with Crippen molar-refractivity contribution >= 4 is 16.9 Å². The Morgan fingerprint density at radius 3 is 2.55 bits per heavy atom. The van der Waals surface area contributed by atoms with Crippen LogP contribution in [0.4, 0.5) is 0 Å². The van der Waals surface area contributed by atoms with Crippen LogP contribution in [0.3, 0.4) is 0 Å². The molecule has 0 spiro atoms. The van der Waals surface area contributed by atoms with Crippen LogP contribution in [-0.4, -0.2) is 21.9 Å². The molecule has 4 aromatic rings. The van der Waals surface area contributed by atoms with Gasteiger partial charge in [0.2, 0.25) is 0 Å². The van der Waals surface area contributed by atoms with Gasteiger partial charge in [-0.3, -0.25) is 4.79 Å². The smallest absolute Gasteiger partial charge is 0.251 e. The third kappa shape index (κ3) is 4.54. The summed E-state index contributed by atoms with van der Waals surface area (Å²) in [7, 11) is 0. The average Bonchev–Trinajstić information content (AvgIpc) is 3.16. The predicted molar refractivity (Wildman–Crippen MR) is 118 cm³/mol. The van der Waals surface area contributed by atoms with Crippen LogP contribution >= 0.6 is 0 Å². The highest BCUT2D eigenvalue weighted by atomic mass is 16.1. The van der Waals surface area contributed by atoms with Crippen molar-refractivity contribution in [3.05, 3.63) is 89.5 Å². The molecular formula is C25H25N3O. The Bertz CT molecular complexity index is 1110. The fourth-order valence-electron chi connectivity index (χ4n) is 3.45. The highest BCUT2D eigenvalue weighted by molar-refractivity contribution is 5.94. The molecule has 2 N–H and O–H groups in total.